The van der Waals surface area contributed by atoms with Gasteiger partial charge in [0.15, 0.2) is 5.13 Å². The minimum absolute atomic E-state index is 0.0977. The van der Waals surface area contributed by atoms with E-state index in [1.807, 2.05) is 43.0 Å². The van der Waals surface area contributed by atoms with Gasteiger partial charge in [-0.25, -0.2) is 4.98 Å². The van der Waals surface area contributed by atoms with Crippen LogP contribution in [-0.4, -0.2) is 49.1 Å². The molecule has 1 aliphatic rings. The molecule has 0 spiro atoms. The Balaban J connectivity index is 1.50. The molecule has 0 unspecified atom stereocenters. The molecule has 0 bridgehead atoms. The first kappa shape index (κ1) is 19.0. The maximum atomic E-state index is 12.9. The Morgan fingerprint density at radius 3 is 2.43 bits per heavy atom. The highest BCUT2D eigenvalue weighted by molar-refractivity contribution is 7.22. The van der Waals surface area contributed by atoms with Gasteiger partial charge in [-0.05, 0) is 38.1 Å². The molecular formula is C21H22ClN3O2S. The molecule has 1 amide bonds. The summed E-state index contributed by atoms with van der Waals surface area (Å²) in [4.78, 5) is 21.8. The Labute approximate surface area is 173 Å². The van der Waals surface area contributed by atoms with E-state index in [9.17, 15) is 4.79 Å². The summed E-state index contributed by atoms with van der Waals surface area (Å²) in [6, 6.07) is 9.69. The average molecular weight is 416 g/mol. The zero-order valence-corrected chi connectivity index (χ0v) is 17.7. The summed E-state index contributed by atoms with van der Waals surface area (Å²) in [7, 11) is 1.64. The summed E-state index contributed by atoms with van der Waals surface area (Å²) in [5, 5.41) is 1.60. The molecule has 146 valence electrons. The number of anilines is 1. The molecule has 0 atom stereocenters. The number of fused-ring (bicyclic) bond motifs is 1. The van der Waals surface area contributed by atoms with E-state index in [4.69, 9.17) is 21.3 Å². The number of thiazole rings is 1. The minimum atomic E-state index is 0.0977. The first-order chi connectivity index (χ1) is 13.5. The average Bonchev–Trinajstić information content (AvgIpc) is 3.13. The minimum Gasteiger partial charge on any atom is -0.494 e. The normalized spacial score (nSPS) is 14.6. The fourth-order valence-electron chi connectivity index (χ4n) is 3.62. The standard InChI is InChI=1S/C21H22ClN3O2S/c1-13-10-14(2)12-15(11-13)20(26)24-6-8-25(9-7-24)21-23-18-17(27-3)5-4-16(22)19(18)28-21/h4-5,10-12H,6-9H2,1-3H3. The molecule has 0 saturated carbocycles. The van der Waals surface area contributed by atoms with Crippen molar-refractivity contribution in [2.24, 2.45) is 0 Å². The molecule has 0 radical (unpaired) electrons. The lowest BCUT2D eigenvalue weighted by Gasteiger charge is -2.34. The largest absolute Gasteiger partial charge is 0.494 e. The van der Waals surface area contributed by atoms with Crippen LogP contribution >= 0.6 is 22.9 Å². The van der Waals surface area contributed by atoms with Crippen LogP contribution in [0.1, 0.15) is 21.5 Å². The van der Waals surface area contributed by atoms with E-state index in [2.05, 4.69) is 11.0 Å². The molecule has 3 aromatic rings. The molecule has 28 heavy (non-hydrogen) atoms. The van der Waals surface area contributed by atoms with Gasteiger partial charge in [0.05, 0.1) is 16.8 Å². The number of methoxy groups -OCH3 is 1. The van der Waals surface area contributed by atoms with E-state index < -0.39 is 0 Å². The van der Waals surface area contributed by atoms with E-state index in [0.717, 1.165) is 50.9 Å². The fraction of sp³-hybridized carbons (Fsp3) is 0.333. The SMILES string of the molecule is COc1ccc(Cl)c2sc(N3CCN(C(=O)c4cc(C)cc(C)c4)CC3)nc12. The van der Waals surface area contributed by atoms with E-state index in [-0.39, 0.29) is 5.91 Å². The third kappa shape index (κ3) is 3.54. The van der Waals surface area contributed by atoms with Crippen LogP contribution in [0, 0.1) is 13.8 Å². The summed E-state index contributed by atoms with van der Waals surface area (Å²) in [6.45, 7) is 6.88. The van der Waals surface area contributed by atoms with Crippen molar-refractivity contribution in [3.63, 3.8) is 0 Å². The number of carbonyl (C=O) groups excluding carboxylic acids is 1. The molecule has 7 heteroatoms. The maximum Gasteiger partial charge on any atom is 0.253 e. The van der Waals surface area contributed by atoms with Gasteiger partial charge in [0.1, 0.15) is 11.3 Å². The molecule has 1 fully saturated rings. The van der Waals surface area contributed by atoms with Gasteiger partial charge in [0.2, 0.25) is 0 Å². The van der Waals surface area contributed by atoms with Crippen LogP contribution in [0.3, 0.4) is 0 Å². The molecule has 2 heterocycles. The highest BCUT2D eigenvalue weighted by Crippen LogP contribution is 2.38. The van der Waals surface area contributed by atoms with Crippen LogP contribution in [0.15, 0.2) is 30.3 Å². The molecule has 4 rings (SSSR count). The highest BCUT2D eigenvalue weighted by atomic mass is 35.5. The maximum absolute atomic E-state index is 12.9. The lowest BCUT2D eigenvalue weighted by molar-refractivity contribution is 0.0746. The molecular weight excluding hydrogens is 394 g/mol. The zero-order valence-electron chi connectivity index (χ0n) is 16.2. The predicted molar refractivity (Wildman–Crippen MR) is 115 cm³/mol. The van der Waals surface area contributed by atoms with Crippen molar-refractivity contribution >= 4 is 44.2 Å². The topological polar surface area (TPSA) is 45.7 Å². The number of rotatable bonds is 3. The van der Waals surface area contributed by atoms with Gasteiger partial charge in [0.25, 0.3) is 5.91 Å². The van der Waals surface area contributed by atoms with Crippen LogP contribution in [0.25, 0.3) is 10.2 Å². The molecule has 1 saturated heterocycles. The number of aryl methyl sites for hydroxylation is 2. The van der Waals surface area contributed by atoms with Gasteiger partial charge in [-0.15, -0.1) is 0 Å². The highest BCUT2D eigenvalue weighted by Gasteiger charge is 2.25. The number of hydrogen-bond donors (Lipinski definition) is 0. The number of piperazine rings is 1. The van der Waals surface area contributed by atoms with Crippen molar-refractivity contribution in [1.29, 1.82) is 0 Å². The fourth-order valence-corrected chi connectivity index (χ4v) is 4.93. The summed E-state index contributed by atoms with van der Waals surface area (Å²) >= 11 is 7.91. The summed E-state index contributed by atoms with van der Waals surface area (Å²) in [5.74, 6) is 0.825. The Bertz CT molecular complexity index is 1020. The van der Waals surface area contributed by atoms with Gasteiger partial charge in [0, 0.05) is 31.7 Å². The monoisotopic (exact) mass is 415 g/mol. The third-order valence-electron chi connectivity index (χ3n) is 4.97. The van der Waals surface area contributed by atoms with Gasteiger partial charge in [-0.2, -0.15) is 0 Å². The second-order valence-corrected chi connectivity index (χ2v) is 8.46. The number of amides is 1. The van der Waals surface area contributed by atoms with Crippen molar-refractivity contribution in [3.05, 3.63) is 52.0 Å². The van der Waals surface area contributed by atoms with E-state index in [0.29, 0.717) is 18.1 Å². The van der Waals surface area contributed by atoms with Crippen LogP contribution < -0.4 is 9.64 Å². The quantitative estimate of drug-likeness (QED) is 0.630. The summed E-state index contributed by atoms with van der Waals surface area (Å²) in [5.41, 5.74) is 3.79. The number of nitrogens with zero attached hydrogens (tertiary/aromatic N) is 3. The van der Waals surface area contributed by atoms with Crippen molar-refractivity contribution in [2.75, 3.05) is 38.2 Å². The molecule has 5 nitrogen and oxygen atoms in total. The van der Waals surface area contributed by atoms with Crippen molar-refractivity contribution in [3.8, 4) is 5.75 Å². The van der Waals surface area contributed by atoms with E-state index in [1.54, 1.807) is 18.4 Å². The number of hydrogen-bond acceptors (Lipinski definition) is 5. The molecule has 1 aliphatic heterocycles. The van der Waals surface area contributed by atoms with E-state index in [1.165, 1.54) is 0 Å². The smallest absolute Gasteiger partial charge is 0.253 e. The number of halogens is 1. The molecule has 2 aromatic carbocycles. The van der Waals surface area contributed by atoms with Crippen molar-refractivity contribution < 1.29 is 9.53 Å². The predicted octanol–water partition coefficient (Wildman–Crippen LogP) is 4.54. The van der Waals surface area contributed by atoms with Gasteiger partial charge in [-0.3, -0.25) is 4.79 Å². The van der Waals surface area contributed by atoms with Crippen LogP contribution in [0.4, 0.5) is 5.13 Å². The molecule has 1 aromatic heterocycles. The van der Waals surface area contributed by atoms with Crippen LogP contribution in [-0.2, 0) is 0 Å². The molecule has 0 aliphatic carbocycles. The zero-order chi connectivity index (χ0) is 19.8. The lowest BCUT2D eigenvalue weighted by Crippen LogP contribution is -2.48. The second-order valence-electron chi connectivity index (χ2n) is 7.08. The summed E-state index contributed by atoms with van der Waals surface area (Å²) in [6.07, 6.45) is 0. The Hall–Kier alpha value is -2.31. The number of aromatic nitrogens is 1. The summed E-state index contributed by atoms with van der Waals surface area (Å²) < 4.78 is 6.35. The van der Waals surface area contributed by atoms with Crippen LogP contribution in [0.2, 0.25) is 5.02 Å². The first-order valence-corrected chi connectivity index (χ1v) is 10.4. The lowest BCUT2D eigenvalue weighted by atomic mass is 10.1. The third-order valence-corrected chi connectivity index (χ3v) is 6.55. The van der Waals surface area contributed by atoms with Crippen LogP contribution in [0.5, 0.6) is 5.75 Å². The number of benzene rings is 2. The first-order valence-electron chi connectivity index (χ1n) is 9.22. The van der Waals surface area contributed by atoms with Gasteiger partial charge >= 0.3 is 0 Å². The number of carbonyl (C=O) groups is 1. The molecule has 0 N–H and O–H groups in total. The second kappa shape index (κ2) is 7.60. The van der Waals surface area contributed by atoms with Crippen molar-refractivity contribution in [2.45, 2.75) is 13.8 Å². The number of ether oxygens (including phenoxy) is 1. The Morgan fingerprint density at radius 1 is 1.11 bits per heavy atom. The Kier molecular flexibility index (Phi) is 5.17. The van der Waals surface area contributed by atoms with Gasteiger partial charge < -0.3 is 14.5 Å². The Morgan fingerprint density at radius 2 is 1.79 bits per heavy atom. The van der Waals surface area contributed by atoms with Gasteiger partial charge in [-0.1, -0.05) is 40.1 Å². The van der Waals surface area contributed by atoms with E-state index >= 15 is 0 Å². The van der Waals surface area contributed by atoms with Crippen molar-refractivity contribution in [1.82, 2.24) is 9.88 Å².